The van der Waals surface area contributed by atoms with Gasteiger partial charge in [0.1, 0.15) is 11.2 Å². The highest BCUT2D eigenvalue weighted by Gasteiger charge is 2.12. The highest BCUT2D eigenvalue weighted by atomic mass is 16.3. The Hall–Kier alpha value is -2.28. The third-order valence-electron chi connectivity index (χ3n) is 4.06. The van der Waals surface area contributed by atoms with E-state index < -0.39 is 0 Å². The Morgan fingerprint density at radius 3 is 2.53 bits per heavy atom. The first-order chi connectivity index (χ1) is 9.25. The first-order valence-corrected chi connectivity index (χ1v) is 6.56. The molecule has 0 atom stereocenters. The van der Waals surface area contributed by atoms with Crippen molar-refractivity contribution in [1.82, 2.24) is 0 Å². The number of fused-ring (bicyclic) bond motifs is 5. The van der Waals surface area contributed by atoms with Crippen molar-refractivity contribution in [2.75, 3.05) is 0 Å². The van der Waals surface area contributed by atoms with Gasteiger partial charge in [0.05, 0.1) is 0 Å². The van der Waals surface area contributed by atoms with E-state index in [2.05, 4.69) is 62.4 Å². The maximum atomic E-state index is 6.10. The Bertz CT molecular complexity index is 929. The van der Waals surface area contributed by atoms with E-state index in [1.807, 2.05) is 0 Å². The van der Waals surface area contributed by atoms with E-state index in [-0.39, 0.29) is 0 Å². The summed E-state index contributed by atoms with van der Waals surface area (Å²) in [5, 5.41) is 4.88. The summed E-state index contributed by atoms with van der Waals surface area (Å²) < 4.78 is 6.10. The first-order valence-electron chi connectivity index (χ1n) is 6.56. The molecule has 0 unspecified atom stereocenters. The molecule has 0 saturated carbocycles. The molecule has 3 aromatic carbocycles. The van der Waals surface area contributed by atoms with Crippen LogP contribution in [-0.4, -0.2) is 0 Å². The van der Waals surface area contributed by atoms with Crippen LogP contribution in [0.15, 0.2) is 52.9 Å². The molecule has 1 nitrogen and oxygen atoms in total. The lowest BCUT2D eigenvalue weighted by atomic mass is 10.0. The summed E-state index contributed by atoms with van der Waals surface area (Å²) in [6, 6.07) is 16.9. The molecule has 4 rings (SSSR count). The smallest absolute Gasteiger partial charge is 0.143 e. The van der Waals surface area contributed by atoms with Crippen molar-refractivity contribution in [1.29, 1.82) is 0 Å². The van der Waals surface area contributed by atoms with Crippen LogP contribution in [0.5, 0.6) is 0 Å². The normalized spacial score (nSPS) is 11.7. The molecule has 0 amide bonds. The summed E-state index contributed by atoms with van der Waals surface area (Å²) in [5.74, 6) is 0. The molecule has 0 saturated heterocycles. The molecule has 0 aliphatic heterocycles. The zero-order chi connectivity index (χ0) is 13.0. The van der Waals surface area contributed by atoms with Crippen LogP contribution < -0.4 is 0 Å². The van der Waals surface area contributed by atoms with E-state index in [0.717, 1.165) is 11.2 Å². The minimum Gasteiger partial charge on any atom is -0.455 e. The zero-order valence-corrected chi connectivity index (χ0v) is 11.0. The highest BCUT2D eigenvalue weighted by Crippen LogP contribution is 2.36. The summed E-state index contributed by atoms with van der Waals surface area (Å²) in [7, 11) is 0. The zero-order valence-electron chi connectivity index (χ0n) is 11.0. The van der Waals surface area contributed by atoms with Gasteiger partial charge in [-0.2, -0.15) is 0 Å². The predicted octanol–water partition coefficient (Wildman–Crippen LogP) is 5.36. The largest absolute Gasteiger partial charge is 0.455 e. The van der Waals surface area contributed by atoms with Gasteiger partial charge in [-0.1, -0.05) is 36.4 Å². The summed E-state index contributed by atoms with van der Waals surface area (Å²) in [6.45, 7) is 4.32. The van der Waals surface area contributed by atoms with Crippen LogP contribution in [0.25, 0.3) is 32.7 Å². The van der Waals surface area contributed by atoms with Gasteiger partial charge >= 0.3 is 0 Å². The van der Waals surface area contributed by atoms with Gasteiger partial charge in [-0.3, -0.25) is 0 Å². The van der Waals surface area contributed by atoms with E-state index in [1.54, 1.807) is 0 Å². The van der Waals surface area contributed by atoms with E-state index in [0.29, 0.717) is 0 Å². The van der Waals surface area contributed by atoms with Crippen LogP contribution in [-0.2, 0) is 0 Å². The molecule has 1 heterocycles. The molecule has 19 heavy (non-hydrogen) atoms. The molecule has 4 aromatic rings. The van der Waals surface area contributed by atoms with Crippen molar-refractivity contribution in [3.63, 3.8) is 0 Å². The molecular weight excluding hydrogens is 232 g/mol. The fraction of sp³-hybridized carbons (Fsp3) is 0.111. The summed E-state index contributed by atoms with van der Waals surface area (Å²) in [4.78, 5) is 0. The fourth-order valence-electron chi connectivity index (χ4n) is 2.87. The van der Waals surface area contributed by atoms with Gasteiger partial charge < -0.3 is 4.42 Å². The topological polar surface area (TPSA) is 13.1 Å². The lowest BCUT2D eigenvalue weighted by Crippen LogP contribution is -1.80. The van der Waals surface area contributed by atoms with Gasteiger partial charge in [-0.05, 0) is 42.5 Å². The number of benzene rings is 3. The van der Waals surface area contributed by atoms with Gasteiger partial charge in [0.2, 0.25) is 0 Å². The van der Waals surface area contributed by atoms with E-state index in [9.17, 15) is 0 Å². The molecule has 0 radical (unpaired) electrons. The third kappa shape index (κ3) is 1.36. The molecule has 0 bridgehead atoms. The van der Waals surface area contributed by atoms with Crippen molar-refractivity contribution in [3.05, 3.63) is 59.7 Å². The maximum Gasteiger partial charge on any atom is 0.143 e. The highest BCUT2D eigenvalue weighted by molar-refractivity contribution is 6.16. The number of hydrogen-bond acceptors (Lipinski definition) is 1. The van der Waals surface area contributed by atoms with Crippen LogP contribution in [0.3, 0.4) is 0 Å². The number of hydrogen-bond donors (Lipinski definition) is 0. The number of furan rings is 1. The minimum absolute atomic E-state index is 0.981. The van der Waals surface area contributed by atoms with Gasteiger partial charge in [0, 0.05) is 16.2 Å². The Morgan fingerprint density at radius 2 is 1.63 bits per heavy atom. The van der Waals surface area contributed by atoms with Crippen molar-refractivity contribution in [2.24, 2.45) is 0 Å². The van der Waals surface area contributed by atoms with Crippen LogP contribution in [0.4, 0.5) is 0 Å². The Balaban J connectivity index is 2.32. The summed E-state index contributed by atoms with van der Waals surface area (Å²) in [5.41, 5.74) is 4.60. The Kier molecular flexibility index (Phi) is 2.02. The molecule has 92 valence electrons. The van der Waals surface area contributed by atoms with Crippen molar-refractivity contribution in [3.8, 4) is 0 Å². The molecule has 0 aliphatic rings. The minimum atomic E-state index is 0.981. The van der Waals surface area contributed by atoms with Crippen LogP contribution in [0, 0.1) is 13.8 Å². The van der Waals surface area contributed by atoms with Crippen molar-refractivity contribution >= 4 is 32.7 Å². The van der Waals surface area contributed by atoms with Gasteiger partial charge in [0.25, 0.3) is 0 Å². The van der Waals surface area contributed by atoms with Crippen LogP contribution in [0.2, 0.25) is 0 Å². The molecular formula is C18H14O. The standard InChI is InChI=1S/C18H14O/c1-11-7-10-16-17(12(11)2)15-9-8-13-5-3-4-6-14(13)18(15)19-16/h3-10H,1-2H3. The second-order valence-electron chi connectivity index (χ2n) is 5.15. The van der Waals surface area contributed by atoms with Gasteiger partial charge in [0.15, 0.2) is 0 Å². The number of rotatable bonds is 0. The summed E-state index contributed by atoms with van der Waals surface area (Å²) >= 11 is 0. The maximum absolute atomic E-state index is 6.10. The predicted molar refractivity (Wildman–Crippen MR) is 80.7 cm³/mol. The second kappa shape index (κ2) is 3.61. The first kappa shape index (κ1) is 10.6. The monoisotopic (exact) mass is 246 g/mol. The average molecular weight is 246 g/mol. The van der Waals surface area contributed by atoms with E-state index >= 15 is 0 Å². The Morgan fingerprint density at radius 1 is 0.789 bits per heavy atom. The molecule has 1 aromatic heterocycles. The third-order valence-corrected chi connectivity index (χ3v) is 4.06. The lowest BCUT2D eigenvalue weighted by molar-refractivity contribution is 0.672. The SMILES string of the molecule is Cc1ccc2oc3c4ccccc4ccc3c2c1C. The average Bonchev–Trinajstić information content (AvgIpc) is 2.82. The molecule has 0 aliphatic carbocycles. The second-order valence-corrected chi connectivity index (χ2v) is 5.15. The van der Waals surface area contributed by atoms with Crippen LogP contribution >= 0.6 is 0 Å². The van der Waals surface area contributed by atoms with Crippen molar-refractivity contribution in [2.45, 2.75) is 13.8 Å². The molecule has 0 spiro atoms. The summed E-state index contributed by atoms with van der Waals surface area (Å²) in [6.07, 6.45) is 0. The Labute approximate surface area is 111 Å². The molecule has 0 N–H and O–H groups in total. The fourth-order valence-corrected chi connectivity index (χ4v) is 2.87. The number of aryl methyl sites for hydroxylation is 2. The molecule has 0 fully saturated rings. The van der Waals surface area contributed by atoms with Crippen LogP contribution in [0.1, 0.15) is 11.1 Å². The van der Waals surface area contributed by atoms with E-state index in [1.165, 1.54) is 32.7 Å². The van der Waals surface area contributed by atoms with E-state index in [4.69, 9.17) is 4.42 Å². The van der Waals surface area contributed by atoms with Gasteiger partial charge in [-0.25, -0.2) is 0 Å². The molecule has 1 heteroatoms. The van der Waals surface area contributed by atoms with Crippen molar-refractivity contribution < 1.29 is 4.42 Å². The quantitative estimate of drug-likeness (QED) is 0.407. The van der Waals surface area contributed by atoms with Gasteiger partial charge in [-0.15, -0.1) is 0 Å². The lowest BCUT2D eigenvalue weighted by Gasteiger charge is -2.00.